The molecule has 84 valence electrons. The van der Waals surface area contributed by atoms with Gasteiger partial charge in [-0.1, -0.05) is 13.3 Å². The maximum absolute atomic E-state index is 11.2. The lowest BCUT2D eigenvalue weighted by molar-refractivity contribution is 0.0686. The zero-order valence-corrected chi connectivity index (χ0v) is 9.56. The molecule has 0 amide bonds. The van der Waals surface area contributed by atoms with Crippen molar-refractivity contribution >= 4 is 16.8 Å². The molecule has 1 aromatic heterocycles. The van der Waals surface area contributed by atoms with Crippen molar-refractivity contribution in [2.75, 3.05) is 6.26 Å². The van der Waals surface area contributed by atoms with Gasteiger partial charge in [0.05, 0.1) is 10.8 Å². The summed E-state index contributed by atoms with van der Waals surface area (Å²) < 4.78 is 11.2. The van der Waals surface area contributed by atoms with Crippen molar-refractivity contribution in [3.63, 3.8) is 0 Å². The highest BCUT2D eigenvalue weighted by Gasteiger charge is 2.18. The van der Waals surface area contributed by atoms with Gasteiger partial charge in [-0.3, -0.25) is 4.21 Å². The zero-order valence-electron chi connectivity index (χ0n) is 8.74. The van der Waals surface area contributed by atoms with E-state index in [0.29, 0.717) is 12.2 Å². The summed E-state index contributed by atoms with van der Waals surface area (Å²) in [7, 11) is -1.34. The van der Waals surface area contributed by atoms with Crippen LogP contribution in [0.15, 0.2) is 5.03 Å². The maximum Gasteiger partial charge on any atom is 0.357 e. The van der Waals surface area contributed by atoms with Crippen molar-refractivity contribution in [2.24, 2.45) is 0 Å². The number of carboxylic acids is 1. The van der Waals surface area contributed by atoms with Gasteiger partial charge >= 0.3 is 5.97 Å². The fourth-order valence-electron chi connectivity index (χ4n) is 1.22. The largest absolute Gasteiger partial charge is 0.476 e. The number of imidazole rings is 1. The number of carbonyl (C=O) groups is 1. The van der Waals surface area contributed by atoms with Gasteiger partial charge in [0.2, 0.25) is 0 Å². The Hall–Kier alpha value is -1.17. The van der Waals surface area contributed by atoms with E-state index >= 15 is 0 Å². The number of hydrogen-bond acceptors (Lipinski definition) is 3. The van der Waals surface area contributed by atoms with E-state index < -0.39 is 16.8 Å². The van der Waals surface area contributed by atoms with E-state index in [-0.39, 0.29) is 10.7 Å². The molecule has 1 atom stereocenters. The predicted molar refractivity (Wildman–Crippen MR) is 56.5 cm³/mol. The molecule has 5 nitrogen and oxygen atoms in total. The predicted octanol–water partition coefficient (Wildman–Crippen LogP) is 1.19. The first-order chi connectivity index (χ1) is 7.06. The van der Waals surface area contributed by atoms with Crippen molar-refractivity contribution in [3.8, 4) is 0 Å². The molecular formula is C9H14N2O3S. The number of aromatic amines is 1. The van der Waals surface area contributed by atoms with E-state index in [1.165, 1.54) is 6.26 Å². The number of H-pyrrole nitrogens is 1. The summed E-state index contributed by atoms with van der Waals surface area (Å²) in [4.78, 5) is 17.5. The molecule has 0 saturated carbocycles. The molecule has 0 radical (unpaired) electrons. The summed E-state index contributed by atoms with van der Waals surface area (Å²) in [5.74, 6) is -0.543. The van der Waals surface area contributed by atoms with Crippen LogP contribution < -0.4 is 0 Å². The minimum atomic E-state index is -1.34. The smallest absolute Gasteiger partial charge is 0.357 e. The van der Waals surface area contributed by atoms with E-state index in [2.05, 4.69) is 9.97 Å². The number of rotatable bonds is 5. The van der Waals surface area contributed by atoms with Crippen LogP contribution in [0.3, 0.4) is 0 Å². The summed E-state index contributed by atoms with van der Waals surface area (Å²) in [5.41, 5.74) is -0.123. The molecule has 0 aromatic carbocycles. The van der Waals surface area contributed by atoms with Gasteiger partial charge < -0.3 is 10.1 Å². The minimum absolute atomic E-state index is 0.123. The van der Waals surface area contributed by atoms with Crippen LogP contribution in [-0.2, 0) is 17.2 Å². The monoisotopic (exact) mass is 230 g/mol. The van der Waals surface area contributed by atoms with Crippen molar-refractivity contribution in [3.05, 3.63) is 11.5 Å². The molecule has 0 saturated heterocycles. The lowest BCUT2D eigenvalue weighted by Gasteiger charge is -1.92. The number of nitrogens with zero attached hydrogens (tertiary/aromatic N) is 1. The Morgan fingerprint density at radius 2 is 2.27 bits per heavy atom. The third-order valence-corrected chi connectivity index (χ3v) is 2.85. The first-order valence-corrected chi connectivity index (χ1v) is 6.27. The Labute approximate surface area is 90.4 Å². The highest BCUT2D eigenvalue weighted by Crippen LogP contribution is 2.11. The van der Waals surface area contributed by atoms with Crippen LogP contribution in [0.4, 0.5) is 0 Å². The van der Waals surface area contributed by atoms with Crippen LogP contribution in [0.5, 0.6) is 0 Å². The number of unbranched alkanes of at least 4 members (excludes halogenated alkanes) is 1. The number of carboxylic acid groups (broad SMARTS) is 1. The van der Waals surface area contributed by atoms with E-state index in [1.807, 2.05) is 6.92 Å². The fourth-order valence-corrected chi connectivity index (χ4v) is 1.89. The van der Waals surface area contributed by atoms with Crippen molar-refractivity contribution in [1.82, 2.24) is 9.97 Å². The van der Waals surface area contributed by atoms with Gasteiger partial charge in [-0.25, -0.2) is 9.78 Å². The molecule has 0 aliphatic heterocycles. The summed E-state index contributed by atoms with van der Waals surface area (Å²) in [5, 5.41) is 9.04. The van der Waals surface area contributed by atoms with Crippen molar-refractivity contribution < 1.29 is 14.1 Å². The molecule has 0 bridgehead atoms. The number of aryl methyl sites for hydroxylation is 1. The minimum Gasteiger partial charge on any atom is -0.476 e. The van der Waals surface area contributed by atoms with Gasteiger partial charge in [0.15, 0.2) is 5.69 Å². The maximum atomic E-state index is 11.2. The Bertz CT molecular complexity index is 355. The van der Waals surface area contributed by atoms with Crippen LogP contribution >= 0.6 is 0 Å². The molecule has 0 spiro atoms. The van der Waals surface area contributed by atoms with Gasteiger partial charge in [0.1, 0.15) is 10.9 Å². The molecular weight excluding hydrogens is 216 g/mol. The number of nitrogens with one attached hydrogen (secondary N) is 1. The molecule has 15 heavy (non-hydrogen) atoms. The number of aromatic carboxylic acids is 1. The number of aromatic nitrogens is 2. The highest BCUT2D eigenvalue weighted by atomic mass is 32.2. The molecule has 0 aliphatic carbocycles. The Kier molecular flexibility index (Phi) is 4.02. The van der Waals surface area contributed by atoms with Gasteiger partial charge in [0, 0.05) is 12.7 Å². The average Bonchev–Trinajstić information content (AvgIpc) is 2.58. The summed E-state index contributed by atoms with van der Waals surface area (Å²) >= 11 is 0. The topological polar surface area (TPSA) is 83.0 Å². The van der Waals surface area contributed by atoms with Crippen LogP contribution in [0, 0.1) is 0 Å². The molecule has 6 heteroatoms. The fraction of sp³-hybridized carbons (Fsp3) is 0.556. The third-order valence-electron chi connectivity index (χ3n) is 1.98. The second kappa shape index (κ2) is 5.06. The molecule has 1 heterocycles. The molecule has 1 aromatic rings. The summed E-state index contributed by atoms with van der Waals surface area (Å²) in [6.45, 7) is 2.04. The standard InChI is InChI=1S/C9H14N2O3S/c1-3-4-5-6-10-7(9(12)13)8(11-6)15(2)14/h3-5H2,1-2H3,(H,10,11)(H,12,13). The first-order valence-electron chi connectivity index (χ1n) is 4.71. The van der Waals surface area contributed by atoms with Gasteiger partial charge in [-0.2, -0.15) is 0 Å². The molecule has 0 aliphatic rings. The van der Waals surface area contributed by atoms with Crippen molar-refractivity contribution in [2.45, 2.75) is 31.2 Å². The van der Waals surface area contributed by atoms with E-state index in [4.69, 9.17) is 5.11 Å². The van der Waals surface area contributed by atoms with Gasteiger partial charge in [0.25, 0.3) is 0 Å². The van der Waals surface area contributed by atoms with E-state index in [0.717, 1.165) is 12.8 Å². The first kappa shape index (κ1) is 11.9. The molecule has 2 N–H and O–H groups in total. The normalized spacial score (nSPS) is 12.7. The van der Waals surface area contributed by atoms with Crippen LogP contribution in [0.25, 0.3) is 0 Å². The van der Waals surface area contributed by atoms with Gasteiger partial charge in [-0.05, 0) is 6.42 Å². The van der Waals surface area contributed by atoms with Crippen molar-refractivity contribution in [1.29, 1.82) is 0 Å². The van der Waals surface area contributed by atoms with Crippen LogP contribution in [0.1, 0.15) is 36.1 Å². The molecule has 0 fully saturated rings. The quantitative estimate of drug-likeness (QED) is 0.795. The lowest BCUT2D eigenvalue weighted by atomic mass is 10.2. The lowest BCUT2D eigenvalue weighted by Crippen LogP contribution is -2.02. The summed E-state index contributed by atoms with van der Waals surface area (Å²) in [6.07, 6.45) is 4.06. The molecule has 1 unspecified atom stereocenters. The average molecular weight is 230 g/mol. The Morgan fingerprint density at radius 1 is 1.60 bits per heavy atom. The zero-order chi connectivity index (χ0) is 11.4. The van der Waals surface area contributed by atoms with Crippen LogP contribution in [-0.4, -0.2) is 31.5 Å². The van der Waals surface area contributed by atoms with Gasteiger partial charge in [-0.15, -0.1) is 0 Å². The third kappa shape index (κ3) is 2.89. The second-order valence-electron chi connectivity index (χ2n) is 3.22. The SMILES string of the molecule is CCCCc1nc(C(=O)O)c(S(C)=O)[nH]1. The summed E-state index contributed by atoms with van der Waals surface area (Å²) in [6, 6.07) is 0. The van der Waals surface area contributed by atoms with E-state index in [9.17, 15) is 9.00 Å². The van der Waals surface area contributed by atoms with E-state index in [1.54, 1.807) is 0 Å². The molecule has 1 rings (SSSR count). The Morgan fingerprint density at radius 3 is 2.67 bits per heavy atom. The number of hydrogen-bond donors (Lipinski definition) is 2. The Balaban J connectivity index is 2.98. The van der Waals surface area contributed by atoms with Crippen LogP contribution in [0.2, 0.25) is 0 Å². The highest BCUT2D eigenvalue weighted by molar-refractivity contribution is 7.84. The second-order valence-corrected chi connectivity index (χ2v) is 4.54.